The summed E-state index contributed by atoms with van der Waals surface area (Å²) < 4.78 is 5.49. The highest BCUT2D eigenvalue weighted by atomic mass is 16.5. The predicted octanol–water partition coefficient (Wildman–Crippen LogP) is 17.4. The number of hydrogen-bond acceptors (Lipinski definition) is 3. The molecular formula is C50H96O4. The number of carbonyl (C=O) groups excluding carboxylic acids is 1. The standard InChI is InChI=1S/C50H96O4/c1-2-3-4-5-6-7-8-9-10-11-12-16-20-23-26-29-32-35-38-41-44-47-50(53)54-48-45-42-39-36-33-30-27-24-21-18-15-13-14-17-19-22-25-28-31-34-37-40-43-46-49(51)52/h9-10H,2-8,11-48H2,1H3,(H,51,52). The van der Waals surface area contributed by atoms with E-state index in [1.54, 1.807) is 0 Å². The van der Waals surface area contributed by atoms with Crippen molar-refractivity contribution >= 4 is 11.9 Å². The van der Waals surface area contributed by atoms with Gasteiger partial charge < -0.3 is 9.84 Å². The van der Waals surface area contributed by atoms with Gasteiger partial charge in [0.2, 0.25) is 0 Å². The Bertz CT molecular complexity index is 762. The highest BCUT2D eigenvalue weighted by Crippen LogP contribution is 2.17. The van der Waals surface area contributed by atoms with Gasteiger partial charge in [-0.15, -0.1) is 0 Å². The molecule has 0 aliphatic heterocycles. The van der Waals surface area contributed by atoms with E-state index in [1.165, 1.54) is 244 Å². The van der Waals surface area contributed by atoms with Crippen LogP contribution in [0.15, 0.2) is 12.2 Å². The molecule has 0 aliphatic rings. The lowest BCUT2D eigenvalue weighted by molar-refractivity contribution is -0.144. The van der Waals surface area contributed by atoms with E-state index in [0.717, 1.165) is 25.7 Å². The highest BCUT2D eigenvalue weighted by molar-refractivity contribution is 5.69. The van der Waals surface area contributed by atoms with Gasteiger partial charge in [-0.25, -0.2) is 0 Å². The van der Waals surface area contributed by atoms with Crippen LogP contribution in [0.3, 0.4) is 0 Å². The van der Waals surface area contributed by atoms with Gasteiger partial charge in [0.25, 0.3) is 0 Å². The summed E-state index contributed by atoms with van der Waals surface area (Å²) in [5, 5.41) is 8.66. The molecule has 0 bridgehead atoms. The summed E-state index contributed by atoms with van der Waals surface area (Å²) in [6.07, 6.45) is 61.4. The van der Waals surface area contributed by atoms with E-state index in [9.17, 15) is 9.59 Å². The van der Waals surface area contributed by atoms with Crippen LogP contribution in [0.1, 0.15) is 289 Å². The number of carboxylic acids is 1. The van der Waals surface area contributed by atoms with Crippen LogP contribution >= 0.6 is 0 Å². The van der Waals surface area contributed by atoms with E-state index in [1.807, 2.05) is 0 Å². The van der Waals surface area contributed by atoms with Gasteiger partial charge in [0.1, 0.15) is 0 Å². The van der Waals surface area contributed by atoms with Crippen LogP contribution in [0.2, 0.25) is 0 Å². The van der Waals surface area contributed by atoms with Crippen molar-refractivity contribution in [1.29, 1.82) is 0 Å². The van der Waals surface area contributed by atoms with Gasteiger partial charge >= 0.3 is 11.9 Å². The molecule has 54 heavy (non-hydrogen) atoms. The molecule has 0 rings (SSSR count). The molecule has 0 aromatic rings. The largest absolute Gasteiger partial charge is 0.481 e. The zero-order valence-corrected chi connectivity index (χ0v) is 36.6. The number of unbranched alkanes of at least 4 members (excludes halogenated alkanes) is 39. The van der Waals surface area contributed by atoms with Gasteiger partial charge in [-0.2, -0.15) is 0 Å². The quantitative estimate of drug-likeness (QED) is 0.0381. The Labute approximate surface area is 338 Å². The molecule has 4 heteroatoms. The van der Waals surface area contributed by atoms with E-state index >= 15 is 0 Å². The lowest BCUT2D eigenvalue weighted by Gasteiger charge is -2.06. The molecule has 0 unspecified atom stereocenters. The molecule has 0 aromatic carbocycles. The van der Waals surface area contributed by atoms with E-state index < -0.39 is 5.97 Å². The van der Waals surface area contributed by atoms with Gasteiger partial charge in [-0.3, -0.25) is 9.59 Å². The summed E-state index contributed by atoms with van der Waals surface area (Å²) in [4.78, 5) is 22.6. The first-order chi connectivity index (χ1) is 26.7. The van der Waals surface area contributed by atoms with Crippen molar-refractivity contribution in [2.24, 2.45) is 0 Å². The molecule has 0 radical (unpaired) electrons. The fourth-order valence-corrected chi connectivity index (χ4v) is 7.75. The van der Waals surface area contributed by atoms with Crippen molar-refractivity contribution in [2.75, 3.05) is 6.61 Å². The molecule has 0 saturated heterocycles. The van der Waals surface area contributed by atoms with Crippen LogP contribution in [0.25, 0.3) is 0 Å². The molecule has 0 aliphatic carbocycles. The number of allylic oxidation sites excluding steroid dienone is 2. The Balaban J connectivity index is 3.17. The molecule has 0 aromatic heterocycles. The highest BCUT2D eigenvalue weighted by Gasteiger charge is 2.03. The minimum Gasteiger partial charge on any atom is -0.481 e. The third kappa shape index (κ3) is 48.7. The molecule has 1 N–H and O–H groups in total. The van der Waals surface area contributed by atoms with Crippen molar-refractivity contribution in [3.05, 3.63) is 12.2 Å². The Morgan fingerprint density at radius 1 is 0.352 bits per heavy atom. The molecule has 0 amide bonds. The van der Waals surface area contributed by atoms with Crippen LogP contribution in [-0.4, -0.2) is 23.7 Å². The average molecular weight is 761 g/mol. The first-order valence-corrected chi connectivity index (χ1v) is 24.7. The second-order valence-corrected chi connectivity index (χ2v) is 17.0. The number of carboxylic acid groups (broad SMARTS) is 1. The maximum absolute atomic E-state index is 12.0. The average Bonchev–Trinajstić information content (AvgIpc) is 3.16. The molecule has 0 atom stereocenters. The van der Waals surface area contributed by atoms with Crippen molar-refractivity contribution < 1.29 is 19.4 Å². The van der Waals surface area contributed by atoms with Crippen LogP contribution < -0.4 is 0 Å². The SMILES string of the molecule is CCCCCCCCC=CCCCCCCCCCCCCCC(=O)OCCCCCCCCCCCCCCCCCCCCCCCCCC(=O)O. The maximum Gasteiger partial charge on any atom is 0.305 e. The third-order valence-electron chi connectivity index (χ3n) is 11.4. The normalized spacial score (nSPS) is 11.6. The molecule has 0 fully saturated rings. The first kappa shape index (κ1) is 52.7. The second-order valence-electron chi connectivity index (χ2n) is 17.0. The van der Waals surface area contributed by atoms with Gasteiger partial charge in [-0.05, 0) is 44.9 Å². The van der Waals surface area contributed by atoms with E-state index in [2.05, 4.69) is 19.1 Å². The van der Waals surface area contributed by atoms with Crippen molar-refractivity contribution in [3.8, 4) is 0 Å². The van der Waals surface area contributed by atoms with Gasteiger partial charge in [0.15, 0.2) is 0 Å². The number of rotatable bonds is 47. The summed E-state index contributed by atoms with van der Waals surface area (Å²) in [5.74, 6) is -0.637. The molecule has 0 saturated carbocycles. The summed E-state index contributed by atoms with van der Waals surface area (Å²) in [5.41, 5.74) is 0. The number of aliphatic carboxylic acids is 1. The Morgan fingerprint density at radius 3 is 0.926 bits per heavy atom. The van der Waals surface area contributed by atoms with Crippen LogP contribution in [-0.2, 0) is 14.3 Å². The third-order valence-corrected chi connectivity index (χ3v) is 11.4. The van der Waals surface area contributed by atoms with Crippen molar-refractivity contribution in [2.45, 2.75) is 289 Å². The Kier molecular flexibility index (Phi) is 46.7. The zero-order chi connectivity index (χ0) is 39.1. The van der Waals surface area contributed by atoms with E-state index in [0.29, 0.717) is 19.4 Å². The van der Waals surface area contributed by atoms with E-state index in [4.69, 9.17) is 9.84 Å². The summed E-state index contributed by atoms with van der Waals surface area (Å²) in [7, 11) is 0. The number of esters is 1. The van der Waals surface area contributed by atoms with Crippen molar-refractivity contribution in [3.63, 3.8) is 0 Å². The molecule has 0 spiro atoms. The maximum atomic E-state index is 12.0. The van der Waals surface area contributed by atoms with Gasteiger partial charge in [-0.1, -0.05) is 244 Å². The topological polar surface area (TPSA) is 63.6 Å². The summed E-state index contributed by atoms with van der Waals surface area (Å²) in [6, 6.07) is 0. The minimum atomic E-state index is -0.656. The van der Waals surface area contributed by atoms with E-state index in [-0.39, 0.29) is 5.97 Å². The predicted molar refractivity (Wildman–Crippen MR) is 237 cm³/mol. The van der Waals surface area contributed by atoms with Crippen LogP contribution in [0.5, 0.6) is 0 Å². The van der Waals surface area contributed by atoms with Crippen LogP contribution in [0, 0.1) is 0 Å². The minimum absolute atomic E-state index is 0.0189. The first-order valence-electron chi connectivity index (χ1n) is 24.7. The molecule has 320 valence electrons. The zero-order valence-electron chi connectivity index (χ0n) is 36.6. The molecule has 0 heterocycles. The fraction of sp³-hybridized carbons (Fsp3) is 0.920. The number of carbonyl (C=O) groups is 2. The lowest BCUT2D eigenvalue weighted by Crippen LogP contribution is -2.05. The smallest absolute Gasteiger partial charge is 0.305 e. The lowest BCUT2D eigenvalue weighted by atomic mass is 10.0. The number of hydrogen-bond donors (Lipinski definition) is 1. The Morgan fingerprint density at radius 2 is 0.611 bits per heavy atom. The second kappa shape index (κ2) is 47.8. The van der Waals surface area contributed by atoms with Gasteiger partial charge in [0, 0.05) is 12.8 Å². The monoisotopic (exact) mass is 761 g/mol. The summed E-state index contributed by atoms with van der Waals surface area (Å²) >= 11 is 0. The van der Waals surface area contributed by atoms with Gasteiger partial charge in [0.05, 0.1) is 6.61 Å². The molecule has 4 nitrogen and oxygen atoms in total. The fourth-order valence-electron chi connectivity index (χ4n) is 7.75. The van der Waals surface area contributed by atoms with Crippen LogP contribution in [0.4, 0.5) is 0 Å². The van der Waals surface area contributed by atoms with Crippen molar-refractivity contribution in [1.82, 2.24) is 0 Å². The number of ether oxygens (including phenoxy) is 1. The molecular weight excluding hydrogens is 665 g/mol. The Hall–Kier alpha value is -1.32. The summed E-state index contributed by atoms with van der Waals surface area (Å²) in [6.45, 7) is 2.91.